The molecule has 0 spiro atoms. The quantitative estimate of drug-likeness (QED) is 0.160. The third kappa shape index (κ3) is 4.45. The van der Waals surface area contributed by atoms with Crippen LogP contribution in [0.15, 0.2) is 150 Å². The van der Waals surface area contributed by atoms with Crippen molar-refractivity contribution in [2.45, 2.75) is 26.2 Å². The Bertz CT molecular complexity index is 2860. The SMILES string of the molecule is c1cc2ccc3ccc(CNCc4cccc5c4oc4c(CNCc6ccc7ccc8cccc9ccc6c7c89)cccc45)c4ccc(c1)c2c34. The van der Waals surface area contributed by atoms with Gasteiger partial charge in [-0.1, -0.05) is 146 Å². The average molecular weight is 655 g/mol. The molecule has 3 nitrogen and oxygen atoms in total. The van der Waals surface area contributed by atoms with E-state index in [4.69, 9.17) is 4.42 Å². The summed E-state index contributed by atoms with van der Waals surface area (Å²) in [5.74, 6) is 0. The molecule has 1 heterocycles. The smallest absolute Gasteiger partial charge is 0.139 e. The summed E-state index contributed by atoms with van der Waals surface area (Å²) in [4.78, 5) is 0. The molecule has 11 aromatic rings. The van der Waals surface area contributed by atoms with Crippen molar-refractivity contribution in [2.75, 3.05) is 0 Å². The zero-order valence-electron chi connectivity index (χ0n) is 28.1. The molecule has 0 aliphatic carbocycles. The first-order valence-electron chi connectivity index (χ1n) is 17.9. The van der Waals surface area contributed by atoms with Gasteiger partial charge in [0, 0.05) is 48.1 Å². The van der Waals surface area contributed by atoms with Gasteiger partial charge in [-0.3, -0.25) is 0 Å². The summed E-state index contributed by atoms with van der Waals surface area (Å²) in [6.07, 6.45) is 0. The van der Waals surface area contributed by atoms with E-state index < -0.39 is 0 Å². The lowest BCUT2D eigenvalue weighted by atomic mass is 9.92. The number of para-hydroxylation sites is 2. The number of hydrogen-bond acceptors (Lipinski definition) is 3. The van der Waals surface area contributed by atoms with Crippen LogP contribution in [0.5, 0.6) is 0 Å². The van der Waals surface area contributed by atoms with Crippen LogP contribution in [0, 0.1) is 0 Å². The van der Waals surface area contributed by atoms with Crippen LogP contribution >= 0.6 is 0 Å². The Morgan fingerprint density at radius 1 is 0.294 bits per heavy atom. The Morgan fingerprint density at radius 2 is 0.647 bits per heavy atom. The van der Waals surface area contributed by atoms with Gasteiger partial charge >= 0.3 is 0 Å². The first-order valence-corrected chi connectivity index (χ1v) is 17.9. The van der Waals surface area contributed by atoms with E-state index in [0.29, 0.717) is 0 Å². The lowest BCUT2D eigenvalue weighted by molar-refractivity contribution is 0.631. The van der Waals surface area contributed by atoms with Gasteiger partial charge in [0.15, 0.2) is 0 Å². The van der Waals surface area contributed by atoms with Crippen molar-refractivity contribution in [3.63, 3.8) is 0 Å². The summed E-state index contributed by atoms with van der Waals surface area (Å²) in [6, 6.07) is 53.4. The Kier molecular flexibility index (Phi) is 6.36. The Morgan fingerprint density at radius 3 is 1.10 bits per heavy atom. The van der Waals surface area contributed by atoms with E-state index in [2.05, 4.69) is 156 Å². The zero-order valence-corrected chi connectivity index (χ0v) is 28.1. The number of hydrogen-bond donors (Lipinski definition) is 2. The van der Waals surface area contributed by atoms with E-state index in [0.717, 1.165) is 37.3 Å². The van der Waals surface area contributed by atoms with Crippen LogP contribution in [-0.2, 0) is 26.2 Å². The lowest BCUT2D eigenvalue weighted by Crippen LogP contribution is -2.13. The van der Waals surface area contributed by atoms with Crippen molar-refractivity contribution in [3.05, 3.63) is 168 Å². The van der Waals surface area contributed by atoms with Crippen LogP contribution in [0.1, 0.15) is 22.3 Å². The third-order valence-electron chi connectivity index (χ3n) is 11.2. The van der Waals surface area contributed by atoms with Crippen LogP contribution in [0.25, 0.3) is 86.6 Å². The first-order chi connectivity index (χ1) is 25.3. The van der Waals surface area contributed by atoms with Crippen molar-refractivity contribution < 1.29 is 4.42 Å². The van der Waals surface area contributed by atoms with E-state index in [1.165, 1.54) is 97.7 Å². The molecule has 242 valence electrons. The Hall–Kier alpha value is -6.00. The standard InChI is InChI=1S/C48H34N2O/c1-5-29-13-15-33-17-19-35(39-23-21-31(7-1)43(29)45(33)39)25-49-27-37-9-3-11-41-42-12-4-10-38(48(42)51-47(37)41)28-50-26-36-20-18-34-16-14-30-6-2-8-32-22-24-40(36)46(34)44(30)32/h1-24,49-50H,25-28H2. The van der Waals surface area contributed by atoms with E-state index in [1.54, 1.807) is 0 Å². The summed E-state index contributed by atoms with van der Waals surface area (Å²) < 4.78 is 6.73. The molecular weight excluding hydrogens is 621 g/mol. The molecule has 0 radical (unpaired) electrons. The van der Waals surface area contributed by atoms with E-state index in [9.17, 15) is 0 Å². The maximum atomic E-state index is 6.73. The van der Waals surface area contributed by atoms with Crippen molar-refractivity contribution in [1.82, 2.24) is 10.6 Å². The number of nitrogens with one attached hydrogen (secondary N) is 2. The molecular formula is C48H34N2O. The van der Waals surface area contributed by atoms with Crippen LogP contribution in [0.3, 0.4) is 0 Å². The maximum absolute atomic E-state index is 6.73. The summed E-state index contributed by atoms with van der Waals surface area (Å²) in [7, 11) is 0. The normalized spacial score (nSPS) is 12.4. The minimum atomic E-state index is 0.724. The minimum absolute atomic E-state index is 0.724. The fourth-order valence-corrected chi connectivity index (χ4v) is 8.78. The van der Waals surface area contributed by atoms with Gasteiger partial charge in [-0.15, -0.1) is 0 Å². The summed E-state index contributed by atoms with van der Waals surface area (Å²) in [5.41, 5.74) is 6.92. The first kappa shape index (κ1) is 28.8. The van der Waals surface area contributed by atoms with Crippen molar-refractivity contribution in [3.8, 4) is 0 Å². The molecule has 10 aromatic carbocycles. The van der Waals surface area contributed by atoms with Crippen molar-refractivity contribution in [2.24, 2.45) is 0 Å². The van der Waals surface area contributed by atoms with Gasteiger partial charge in [-0.25, -0.2) is 0 Å². The Labute approximate surface area is 294 Å². The van der Waals surface area contributed by atoms with Crippen LogP contribution < -0.4 is 10.6 Å². The van der Waals surface area contributed by atoms with Crippen LogP contribution in [-0.4, -0.2) is 0 Å². The van der Waals surface area contributed by atoms with Crippen LogP contribution in [0.4, 0.5) is 0 Å². The summed E-state index contributed by atoms with van der Waals surface area (Å²) in [5, 5.41) is 25.8. The molecule has 0 aliphatic heterocycles. The van der Waals surface area contributed by atoms with E-state index >= 15 is 0 Å². The van der Waals surface area contributed by atoms with Crippen molar-refractivity contribution >= 4 is 86.6 Å². The monoisotopic (exact) mass is 654 g/mol. The number of rotatable bonds is 8. The zero-order chi connectivity index (χ0) is 33.5. The molecule has 0 aliphatic rings. The number of fused-ring (bicyclic) bond motifs is 3. The second-order valence-corrected chi connectivity index (χ2v) is 14.1. The van der Waals surface area contributed by atoms with Crippen LogP contribution in [0.2, 0.25) is 0 Å². The topological polar surface area (TPSA) is 37.2 Å². The molecule has 0 fully saturated rings. The summed E-state index contributed by atoms with van der Waals surface area (Å²) >= 11 is 0. The third-order valence-corrected chi connectivity index (χ3v) is 11.2. The van der Waals surface area contributed by atoms with E-state index in [1.807, 2.05) is 0 Å². The highest BCUT2D eigenvalue weighted by atomic mass is 16.3. The van der Waals surface area contributed by atoms with Gasteiger partial charge in [0.2, 0.25) is 0 Å². The van der Waals surface area contributed by atoms with Gasteiger partial charge in [-0.05, 0) is 75.8 Å². The molecule has 2 N–H and O–H groups in total. The molecule has 51 heavy (non-hydrogen) atoms. The highest BCUT2D eigenvalue weighted by Crippen LogP contribution is 2.38. The van der Waals surface area contributed by atoms with E-state index in [-0.39, 0.29) is 0 Å². The Balaban J connectivity index is 0.863. The second-order valence-electron chi connectivity index (χ2n) is 14.1. The molecule has 1 aromatic heterocycles. The minimum Gasteiger partial charge on any atom is -0.455 e. The molecule has 0 atom stereocenters. The van der Waals surface area contributed by atoms with Gasteiger partial charge in [-0.2, -0.15) is 0 Å². The molecule has 0 saturated carbocycles. The second kappa shape index (κ2) is 11.3. The van der Waals surface area contributed by atoms with Gasteiger partial charge in [0.1, 0.15) is 11.2 Å². The molecule has 0 bridgehead atoms. The highest BCUT2D eigenvalue weighted by Gasteiger charge is 2.16. The maximum Gasteiger partial charge on any atom is 0.139 e. The lowest BCUT2D eigenvalue weighted by Gasteiger charge is -2.14. The largest absolute Gasteiger partial charge is 0.455 e. The molecule has 11 rings (SSSR count). The fourth-order valence-electron chi connectivity index (χ4n) is 8.78. The fraction of sp³-hybridized carbons (Fsp3) is 0.0833. The number of benzene rings is 10. The van der Waals surface area contributed by atoms with Gasteiger partial charge < -0.3 is 15.1 Å². The summed E-state index contributed by atoms with van der Waals surface area (Å²) in [6.45, 7) is 3.01. The number of furan rings is 1. The van der Waals surface area contributed by atoms with Crippen molar-refractivity contribution in [1.29, 1.82) is 0 Å². The molecule has 0 unspecified atom stereocenters. The predicted octanol–water partition coefficient (Wildman–Crippen LogP) is 12.0. The molecule has 3 heteroatoms. The molecule has 0 saturated heterocycles. The van der Waals surface area contributed by atoms with Gasteiger partial charge in [0.25, 0.3) is 0 Å². The van der Waals surface area contributed by atoms with Gasteiger partial charge in [0.05, 0.1) is 0 Å². The molecule has 0 amide bonds. The highest BCUT2D eigenvalue weighted by molar-refractivity contribution is 6.24. The predicted molar refractivity (Wildman–Crippen MR) is 215 cm³/mol. The average Bonchev–Trinajstić information content (AvgIpc) is 3.57.